The van der Waals surface area contributed by atoms with Gasteiger partial charge in [-0.1, -0.05) is 23.2 Å². The number of ether oxygens (including phenoxy) is 1. The predicted octanol–water partition coefficient (Wildman–Crippen LogP) is 5.10. The Bertz CT molecular complexity index is 2350. The largest absolute Gasteiger partial charge is 0.486 e. The second-order valence-electron chi connectivity index (χ2n) is 18.0. The van der Waals surface area contributed by atoms with Gasteiger partial charge in [-0.15, -0.1) is 0 Å². The Morgan fingerprint density at radius 3 is 2.19 bits per heavy atom. The molecule has 7 heterocycles. The fraction of sp³-hybridized carbons (Fsp3) is 0.447. The van der Waals surface area contributed by atoms with Gasteiger partial charge >= 0.3 is 12.1 Å². The number of pyridine rings is 2. The smallest absolute Gasteiger partial charge is 0.328 e. The topological polar surface area (TPSA) is 169 Å². The minimum atomic E-state index is -0.433. The molecule has 64 heavy (non-hydrogen) atoms. The van der Waals surface area contributed by atoms with Gasteiger partial charge in [0.2, 0.25) is 11.6 Å². The van der Waals surface area contributed by atoms with Crippen LogP contribution in [-0.2, 0) is 4.79 Å². The van der Waals surface area contributed by atoms with E-state index in [1.165, 1.54) is 0 Å². The minimum absolute atomic E-state index is 0.194. The lowest BCUT2D eigenvalue weighted by Crippen LogP contribution is -2.62. The van der Waals surface area contributed by atoms with Crippen LogP contribution >= 0.6 is 23.2 Å². The number of rotatable bonds is 10. The molecule has 5 aliphatic rings. The minimum Gasteiger partial charge on any atom is -0.486 e. The number of halogens is 2. The number of piperidine rings is 2. The van der Waals surface area contributed by atoms with Crippen molar-refractivity contribution in [3.05, 3.63) is 99.9 Å². The van der Waals surface area contributed by atoms with Gasteiger partial charge in [0, 0.05) is 132 Å². The van der Waals surface area contributed by atoms with E-state index in [-0.39, 0.29) is 23.4 Å². The summed E-state index contributed by atoms with van der Waals surface area (Å²) in [5.74, 6) is 1.85. The van der Waals surface area contributed by atoms with Crippen LogP contribution < -0.4 is 35.9 Å². The molecule has 0 aliphatic carbocycles. The summed E-state index contributed by atoms with van der Waals surface area (Å²) < 4.78 is 6.20. The summed E-state index contributed by atoms with van der Waals surface area (Å²) in [7, 11) is 0. The highest BCUT2D eigenvalue weighted by Crippen LogP contribution is 2.42. The molecule has 2 aromatic carbocycles. The number of anilines is 4. The molecule has 0 bridgehead atoms. The number of imide groups is 1. The zero-order chi connectivity index (χ0) is 44.5. The van der Waals surface area contributed by atoms with Gasteiger partial charge in [0.15, 0.2) is 0 Å². The summed E-state index contributed by atoms with van der Waals surface area (Å²) in [6.45, 7) is 12.3. The highest BCUT2D eigenvalue weighted by molar-refractivity contribution is 6.35. The monoisotopic (exact) mass is 908 g/mol. The molecule has 1 atom stereocenters. The number of benzene rings is 2. The highest BCUT2D eigenvalue weighted by atomic mass is 35.5. The summed E-state index contributed by atoms with van der Waals surface area (Å²) >= 11 is 12.7. The number of urea groups is 2. The molecule has 336 valence electrons. The number of nitrogens with zero attached hydrogens (tertiary/aromatic N) is 8. The maximum absolute atomic E-state index is 13.7. The van der Waals surface area contributed by atoms with Crippen molar-refractivity contribution in [1.29, 1.82) is 0 Å². The number of nitrogen functional groups attached to an aromatic ring is 1. The SMILES string of the molecule is C[C@@H](Oc1ccc(N)c(C(=[NH2+])c2ccc(N3CC4(CCN(C(=O)N5CCC(CN6CCN(c7ccc(N8CCC(=O)NC8=O)cc7)CC6)CC5)CC4)C3)nc2)c1)c1c(Cl)cncc1Cl. The molecule has 2 aromatic heterocycles. The van der Waals surface area contributed by atoms with Gasteiger partial charge in [0.1, 0.15) is 17.7 Å². The molecule has 9 rings (SSSR count). The van der Waals surface area contributed by atoms with Gasteiger partial charge in [0.05, 0.1) is 21.2 Å². The maximum Gasteiger partial charge on any atom is 0.328 e. The normalized spacial score (nSPS) is 20.0. The summed E-state index contributed by atoms with van der Waals surface area (Å²) in [5.41, 5.74) is 11.6. The van der Waals surface area contributed by atoms with Crippen molar-refractivity contribution in [3.63, 3.8) is 0 Å². The highest BCUT2D eigenvalue weighted by Gasteiger charge is 2.46. The van der Waals surface area contributed by atoms with Crippen molar-refractivity contribution in [1.82, 2.24) is 30.0 Å². The third-order valence-electron chi connectivity index (χ3n) is 13.8. The van der Waals surface area contributed by atoms with Crippen LogP contribution in [0.15, 0.2) is 73.2 Å². The van der Waals surface area contributed by atoms with E-state index in [2.05, 4.69) is 46.9 Å². The van der Waals surface area contributed by atoms with E-state index in [9.17, 15) is 14.4 Å². The molecule has 4 aromatic rings. The quantitative estimate of drug-likeness (QED) is 0.144. The third-order valence-corrected chi connectivity index (χ3v) is 14.4. The number of nitrogens with two attached hydrogens (primary N) is 2. The lowest BCUT2D eigenvalue weighted by Gasteiger charge is -2.54. The molecule has 0 saturated carbocycles. The number of likely N-dealkylation sites (tertiary alicyclic amines) is 2. The van der Waals surface area contributed by atoms with Crippen LogP contribution in [-0.4, -0.2) is 127 Å². The molecule has 5 aliphatic heterocycles. The second-order valence-corrected chi connectivity index (χ2v) is 18.8. The first-order valence-electron chi connectivity index (χ1n) is 22.3. The van der Waals surface area contributed by atoms with E-state index >= 15 is 0 Å². The standard InChI is InChI=1S/C47H55Cl2N11O4/c1-31(43-38(48)26-52-27-39(43)49)64-36-7-8-40(50)37(24-36)44(51)33-2-9-41(53-25-33)59-29-47(30-59)13-18-58(19-14-47)46(63)57-15-10-32(11-16-57)28-55-20-22-56(23-21-55)34-3-5-35(6-4-34)60-17-12-42(61)54-45(60)62/h2-9,24-27,31-32,51H,10-23,28-30,50H2,1H3,(H,54,61,62)/p+1/t31-/m1/s1. The van der Waals surface area contributed by atoms with Crippen molar-refractivity contribution < 1.29 is 24.5 Å². The Kier molecular flexibility index (Phi) is 12.6. The summed E-state index contributed by atoms with van der Waals surface area (Å²) in [5, 5.41) is 9.91. The number of nitrogens with one attached hydrogen (secondary N) is 1. The number of aromatic nitrogens is 2. The number of amides is 5. The molecule has 5 N–H and O–H groups in total. The first-order valence-corrected chi connectivity index (χ1v) is 23.1. The fourth-order valence-electron chi connectivity index (χ4n) is 9.93. The Balaban J connectivity index is 0.688. The molecule has 17 heteroatoms. The fourth-order valence-corrected chi connectivity index (χ4v) is 10.6. The Morgan fingerprint density at radius 1 is 0.859 bits per heavy atom. The molecule has 5 saturated heterocycles. The van der Waals surface area contributed by atoms with Gasteiger partial charge < -0.3 is 30.1 Å². The lowest BCUT2D eigenvalue weighted by atomic mass is 9.72. The van der Waals surface area contributed by atoms with Crippen LogP contribution in [0.3, 0.4) is 0 Å². The average molecular weight is 910 g/mol. The first-order chi connectivity index (χ1) is 30.9. The van der Waals surface area contributed by atoms with Gasteiger partial charge in [-0.2, -0.15) is 0 Å². The summed E-state index contributed by atoms with van der Waals surface area (Å²) in [6.07, 6.45) is 8.82. The van der Waals surface area contributed by atoms with E-state index in [1.54, 1.807) is 35.6 Å². The zero-order valence-corrected chi connectivity index (χ0v) is 37.7. The number of hydrogen-bond donors (Lipinski definition) is 3. The molecule has 5 fully saturated rings. The van der Waals surface area contributed by atoms with E-state index in [1.807, 2.05) is 37.3 Å². The lowest BCUT2D eigenvalue weighted by molar-refractivity contribution is -0.120. The number of hydrogen-bond acceptors (Lipinski definition) is 10. The Morgan fingerprint density at radius 2 is 1.53 bits per heavy atom. The molecule has 1 spiro atoms. The molecule has 5 amide bonds. The van der Waals surface area contributed by atoms with Crippen LogP contribution in [0.25, 0.3) is 0 Å². The van der Waals surface area contributed by atoms with Crippen LogP contribution in [0.4, 0.5) is 32.5 Å². The van der Waals surface area contributed by atoms with Crippen molar-refractivity contribution in [2.24, 2.45) is 11.3 Å². The van der Waals surface area contributed by atoms with Crippen molar-refractivity contribution in [2.45, 2.75) is 45.1 Å². The number of carbonyl (C=O) groups is 3. The predicted molar refractivity (Wildman–Crippen MR) is 249 cm³/mol. The zero-order valence-electron chi connectivity index (χ0n) is 36.2. The first kappa shape index (κ1) is 43.6. The van der Waals surface area contributed by atoms with Gasteiger partial charge in [0.25, 0.3) is 0 Å². The molecule has 0 radical (unpaired) electrons. The number of piperazine rings is 1. The van der Waals surface area contributed by atoms with E-state index in [0.717, 1.165) is 120 Å². The average Bonchev–Trinajstić information content (AvgIpc) is 3.29. The van der Waals surface area contributed by atoms with Crippen LogP contribution in [0.2, 0.25) is 10.0 Å². The molecule has 0 unspecified atom stereocenters. The van der Waals surface area contributed by atoms with E-state index in [4.69, 9.17) is 44.1 Å². The number of carbonyl (C=O) groups excluding carboxylic acids is 3. The summed E-state index contributed by atoms with van der Waals surface area (Å²) in [4.78, 5) is 59.3. The van der Waals surface area contributed by atoms with Gasteiger partial charge in [-0.3, -0.25) is 30.3 Å². The van der Waals surface area contributed by atoms with Crippen molar-refractivity contribution in [3.8, 4) is 5.75 Å². The van der Waals surface area contributed by atoms with E-state index < -0.39 is 6.10 Å². The van der Waals surface area contributed by atoms with E-state index in [0.29, 0.717) is 57.2 Å². The van der Waals surface area contributed by atoms with Crippen LogP contribution in [0, 0.1) is 11.3 Å². The summed E-state index contributed by atoms with van der Waals surface area (Å²) in [6, 6.07) is 17.3. The molecular weight excluding hydrogens is 853 g/mol. The molecular formula is C47H56Cl2N11O4+. The third kappa shape index (κ3) is 9.29. The Hall–Kier alpha value is -5.64. The second kappa shape index (κ2) is 18.5. The van der Waals surface area contributed by atoms with Crippen molar-refractivity contribution in [2.75, 3.05) is 99.0 Å². The van der Waals surface area contributed by atoms with Crippen molar-refractivity contribution >= 4 is 69.8 Å². The van der Waals surface area contributed by atoms with Crippen LogP contribution in [0.5, 0.6) is 5.75 Å². The van der Waals surface area contributed by atoms with Gasteiger partial charge in [-0.25, -0.2) is 14.6 Å². The van der Waals surface area contributed by atoms with Gasteiger partial charge in [-0.05, 0) is 93.1 Å². The maximum atomic E-state index is 13.7. The molecule has 15 nitrogen and oxygen atoms in total. The Labute approximate surface area is 383 Å². The van der Waals surface area contributed by atoms with Crippen LogP contribution in [0.1, 0.15) is 61.8 Å².